The van der Waals surface area contributed by atoms with Crippen LogP contribution in [-0.2, 0) is 0 Å². The van der Waals surface area contributed by atoms with E-state index >= 15 is 0 Å². The molecule has 0 unspecified atom stereocenters. The fourth-order valence-corrected chi connectivity index (χ4v) is 3.80. The minimum Gasteiger partial charge on any atom is -0.497 e. The molecule has 0 amide bonds. The molecule has 0 radical (unpaired) electrons. The molecule has 1 fully saturated rings. The van der Waals surface area contributed by atoms with Gasteiger partial charge in [0.1, 0.15) is 28.8 Å². The average molecular weight is 395 g/mol. The Hall–Kier alpha value is -3.27. The predicted molar refractivity (Wildman–Crippen MR) is 111 cm³/mol. The van der Waals surface area contributed by atoms with Gasteiger partial charge in [-0.3, -0.25) is 14.4 Å². The summed E-state index contributed by atoms with van der Waals surface area (Å²) in [4.78, 5) is 17.3. The minimum absolute atomic E-state index is 0.0384. The highest BCUT2D eigenvalue weighted by Gasteiger charge is 2.24. The molecule has 0 bridgehead atoms. The van der Waals surface area contributed by atoms with Crippen LogP contribution in [0, 0.1) is 18.3 Å². The molecule has 1 aliphatic carbocycles. The highest BCUT2D eigenvalue weighted by atomic mass is 16.5. The number of nitrogens with zero attached hydrogens (tertiary/aromatic N) is 3. The number of aromatic nitrogens is 1. The van der Waals surface area contributed by atoms with Crippen LogP contribution >= 0.6 is 0 Å². The quantitative estimate of drug-likeness (QED) is 0.772. The van der Waals surface area contributed by atoms with Crippen molar-refractivity contribution < 1.29 is 14.6 Å². The topological polar surface area (TPSA) is 96.8 Å². The van der Waals surface area contributed by atoms with Gasteiger partial charge in [-0.25, -0.2) is 0 Å². The second kappa shape index (κ2) is 8.82. The molecule has 1 aromatic heterocycles. The van der Waals surface area contributed by atoms with E-state index < -0.39 is 5.56 Å². The third-order valence-corrected chi connectivity index (χ3v) is 5.45. The van der Waals surface area contributed by atoms with Crippen molar-refractivity contribution in [3.63, 3.8) is 0 Å². The van der Waals surface area contributed by atoms with Gasteiger partial charge < -0.3 is 14.6 Å². The van der Waals surface area contributed by atoms with Crippen molar-refractivity contribution in [3.05, 3.63) is 45.2 Å². The molecule has 0 aliphatic heterocycles. The highest BCUT2D eigenvalue weighted by Crippen LogP contribution is 2.34. The molecule has 7 nitrogen and oxygen atoms in total. The maximum Gasteiger partial charge on any atom is 0.271 e. The summed E-state index contributed by atoms with van der Waals surface area (Å²) in [5.74, 6) is 1.01. The van der Waals surface area contributed by atoms with E-state index in [0.29, 0.717) is 28.3 Å². The van der Waals surface area contributed by atoms with Crippen molar-refractivity contribution in [2.24, 2.45) is 4.99 Å². The van der Waals surface area contributed by atoms with E-state index in [4.69, 9.17) is 9.47 Å². The second-order valence-electron chi connectivity index (χ2n) is 7.11. The van der Waals surface area contributed by atoms with E-state index in [1.54, 1.807) is 32.2 Å². The first-order valence-corrected chi connectivity index (χ1v) is 9.66. The number of aromatic hydroxyl groups is 1. The van der Waals surface area contributed by atoms with Crippen LogP contribution in [0.2, 0.25) is 0 Å². The van der Waals surface area contributed by atoms with E-state index in [-0.39, 0.29) is 17.5 Å². The summed E-state index contributed by atoms with van der Waals surface area (Å²) in [5, 5.41) is 20.5. The fourth-order valence-electron chi connectivity index (χ4n) is 3.80. The lowest BCUT2D eigenvalue weighted by Gasteiger charge is -2.26. The SMILES string of the molecule is COc1ccc(N=Cc2c(C)c(C#N)c(=O)n(C3CCCCC3)c2O)c(OC)c1. The van der Waals surface area contributed by atoms with E-state index in [1.807, 2.05) is 6.07 Å². The van der Waals surface area contributed by atoms with Crippen molar-refractivity contribution in [1.29, 1.82) is 5.26 Å². The van der Waals surface area contributed by atoms with Gasteiger partial charge in [0.15, 0.2) is 0 Å². The van der Waals surface area contributed by atoms with Gasteiger partial charge in [-0.1, -0.05) is 19.3 Å². The lowest BCUT2D eigenvalue weighted by atomic mass is 9.94. The molecule has 1 aromatic carbocycles. The van der Waals surface area contributed by atoms with E-state index in [9.17, 15) is 15.2 Å². The number of hydrogen-bond acceptors (Lipinski definition) is 6. The van der Waals surface area contributed by atoms with Gasteiger partial charge in [0.05, 0.1) is 19.8 Å². The zero-order valence-corrected chi connectivity index (χ0v) is 16.9. The molecule has 152 valence electrons. The summed E-state index contributed by atoms with van der Waals surface area (Å²) >= 11 is 0. The molecule has 0 spiro atoms. The Balaban J connectivity index is 2.11. The Labute approximate surface area is 169 Å². The van der Waals surface area contributed by atoms with Gasteiger partial charge >= 0.3 is 0 Å². The number of pyridine rings is 1. The van der Waals surface area contributed by atoms with Gasteiger partial charge in [0.25, 0.3) is 5.56 Å². The Morgan fingerprint density at radius 2 is 1.97 bits per heavy atom. The Kier molecular flexibility index (Phi) is 6.23. The first-order valence-electron chi connectivity index (χ1n) is 9.66. The normalized spacial score (nSPS) is 14.7. The van der Waals surface area contributed by atoms with Crippen LogP contribution in [0.25, 0.3) is 0 Å². The molecule has 2 aromatic rings. The number of rotatable bonds is 5. The number of benzene rings is 1. The second-order valence-corrected chi connectivity index (χ2v) is 7.11. The van der Waals surface area contributed by atoms with Crippen LogP contribution in [0.4, 0.5) is 5.69 Å². The molecular formula is C22H25N3O4. The van der Waals surface area contributed by atoms with Crippen molar-refractivity contribution in [3.8, 4) is 23.4 Å². The molecule has 3 rings (SSSR count). The summed E-state index contributed by atoms with van der Waals surface area (Å²) in [6, 6.07) is 7.10. The zero-order chi connectivity index (χ0) is 21.0. The van der Waals surface area contributed by atoms with Crippen LogP contribution in [-0.4, -0.2) is 30.1 Å². The Bertz CT molecular complexity index is 1030. The van der Waals surface area contributed by atoms with E-state index in [0.717, 1.165) is 32.1 Å². The highest BCUT2D eigenvalue weighted by molar-refractivity contribution is 5.88. The summed E-state index contributed by atoms with van der Waals surface area (Å²) in [5.41, 5.74) is 0.925. The molecule has 29 heavy (non-hydrogen) atoms. The minimum atomic E-state index is -0.437. The van der Waals surface area contributed by atoms with Gasteiger partial charge in [-0.2, -0.15) is 5.26 Å². The predicted octanol–water partition coefficient (Wildman–Crippen LogP) is 4.01. The number of nitriles is 1. The number of methoxy groups -OCH3 is 2. The Morgan fingerprint density at radius 3 is 2.59 bits per heavy atom. The third kappa shape index (κ3) is 3.97. The molecular weight excluding hydrogens is 370 g/mol. The molecule has 0 saturated heterocycles. The Morgan fingerprint density at radius 1 is 1.24 bits per heavy atom. The third-order valence-electron chi connectivity index (χ3n) is 5.45. The smallest absolute Gasteiger partial charge is 0.271 e. The van der Waals surface area contributed by atoms with Crippen LogP contribution in [0.15, 0.2) is 28.0 Å². The lowest BCUT2D eigenvalue weighted by molar-refractivity contribution is 0.303. The molecule has 1 heterocycles. The van der Waals surface area contributed by atoms with Gasteiger partial charge in [0.2, 0.25) is 5.88 Å². The summed E-state index contributed by atoms with van der Waals surface area (Å²) in [6.45, 7) is 1.65. The maximum atomic E-state index is 12.8. The molecule has 1 aliphatic rings. The van der Waals surface area contributed by atoms with Crippen LogP contribution in [0.5, 0.6) is 17.4 Å². The fraction of sp³-hybridized carbons (Fsp3) is 0.409. The van der Waals surface area contributed by atoms with Crippen molar-refractivity contribution >= 4 is 11.9 Å². The number of ether oxygens (including phenoxy) is 2. The number of hydrogen-bond donors (Lipinski definition) is 1. The monoisotopic (exact) mass is 395 g/mol. The van der Waals surface area contributed by atoms with Gasteiger partial charge in [-0.05, 0) is 37.5 Å². The molecule has 0 atom stereocenters. The average Bonchev–Trinajstić information content (AvgIpc) is 2.74. The van der Waals surface area contributed by atoms with Gasteiger partial charge in [0, 0.05) is 18.3 Å². The summed E-state index contributed by atoms with van der Waals surface area (Å²) < 4.78 is 11.9. The lowest BCUT2D eigenvalue weighted by Crippen LogP contribution is -2.30. The van der Waals surface area contributed by atoms with Crippen LogP contribution in [0.3, 0.4) is 0 Å². The van der Waals surface area contributed by atoms with E-state index in [1.165, 1.54) is 17.9 Å². The molecule has 1 N–H and O–H groups in total. The standard InChI is InChI=1S/C22H25N3O4/c1-14-17(12-23)21(26)25(15-7-5-4-6-8-15)22(27)18(14)13-24-19-10-9-16(28-2)11-20(19)29-3/h9-11,13,15,27H,4-8H2,1-3H3. The largest absolute Gasteiger partial charge is 0.497 e. The maximum absolute atomic E-state index is 12.8. The first-order chi connectivity index (χ1) is 14.0. The van der Waals surface area contributed by atoms with Crippen molar-refractivity contribution in [1.82, 2.24) is 4.57 Å². The van der Waals surface area contributed by atoms with Gasteiger partial charge in [-0.15, -0.1) is 0 Å². The van der Waals surface area contributed by atoms with Crippen LogP contribution in [0.1, 0.15) is 54.8 Å². The summed E-state index contributed by atoms with van der Waals surface area (Å²) in [6.07, 6.45) is 6.22. The van der Waals surface area contributed by atoms with Crippen molar-refractivity contribution in [2.75, 3.05) is 14.2 Å². The molecule has 1 saturated carbocycles. The number of aliphatic imine (C=N–C) groups is 1. The van der Waals surface area contributed by atoms with Crippen LogP contribution < -0.4 is 15.0 Å². The first kappa shape index (κ1) is 20.5. The van der Waals surface area contributed by atoms with E-state index in [2.05, 4.69) is 4.99 Å². The molecule has 7 heteroatoms. The van der Waals surface area contributed by atoms with Crippen molar-refractivity contribution in [2.45, 2.75) is 45.1 Å². The zero-order valence-electron chi connectivity index (χ0n) is 16.9. The summed E-state index contributed by atoms with van der Waals surface area (Å²) in [7, 11) is 3.10.